The third-order valence-corrected chi connectivity index (χ3v) is 8.60. The lowest BCUT2D eigenvalue weighted by Crippen LogP contribution is -2.52. The molecule has 0 unspecified atom stereocenters. The predicted molar refractivity (Wildman–Crippen MR) is 163 cm³/mol. The zero-order valence-electron chi connectivity index (χ0n) is 24.1. The maximum atomic E-state index is 14.1. The first-order valence-electron chi connectivity index (χ1n) is 13.5. The molecule has 8 nitrogen and oxygen atoms in total. The summed E-state index contributed by atoms with van der Waals surface area (Å²) in [6.45, 7) is 7.65. The van der Waals surface area contributed by atoms with Crippen LogP contribution in [0.25, 0.3) is 0 Å². The van der Waals surface area contributed by atoms with Gasteiger partial charge in [0.2, 0.25) is 11.8 Å². The quantitative estimate of drug-likeness (QED) is 0.283. The first-order chi connectivity index (χ1) is 19.5. The fraction of sp³-hybridized carbons (Fsp3) is 0.355. The van der Waals surface area contributed by atoms with Gasteiger partial charge in [-0.25, -0.2) is 8.42 Å². The molecule has 1 atom stereocenters. The molecule has 0 aliphatic carbocycles. The number of sulfonamides is 1. The first-order valence-corrected chi connectivity index (χ1v) is 15.3. The van der Waals surface area contributed by atoms with Gasteiger partial charge in [0.15, 0.2) is 0 Å². The van der Waals surface area contributed by atoms with Gasteiger partial charge in [-0.15, -0.1) is 0 Å². The van der Waals surface area contributed by atoms with E-state index in [-0.39, 0.29) is 29.0 Å². The lowest BCUT2D eigenvalue weighted by Gasteiger charge is -2.33. The fourth-order valence-electron chi connectivity index (χ4n) is 4.32. The highest BCUT2D eigenvalue weighted by atomic mass is 35.5. The molecule has 1 N–H and O–H groups in total. The first kappa shape index (κ1) is 32.0. The summed E-state index contributed by atoms with van der Waals surface area (Å²) in [5.74, 6) is -0.318. The van der Waals surface area contributed by atoms with E-state index in [2.05, 4.69) is 5.32 Å². The van der Waals surface area contributed by atoms with Crippen LogP contribution in [-0.4, -0.2) is 51.4 Å². The third kappa shape index (κ3) is 8.24. The molecule has 0 fully saturated rings. The molecule has 0 saturated heterocycles. The number of nitrogens with one attached hydrogen (secondary N) is 1. The van der Waals surface area contributed by atoms with E-state index >= 15 is 0 Å². The Balaban J connectivity index is 2.08. The van der Waals surface area contributed by atoms with E-state index in [4.69, 9.17) is 16.3 Å². The van der Waals surface area contributed by atoms with Gasteiger partial charge in [-0.05, 0) is 61.2 Å². The standard InChI is InChI=1S/C31H38ClN3O5S/c1-6-27(31(37)33-19-22(2)3)34(20-24-13-15-25(32)16-14-24)30(36)21-35(28-9-7-8-10-29(28)40-5)41(38,39)26-17-11-23(4)12-18-26/h7-18,22,27H,6,19-21H2,1-5H3,(H,33,37)/t27-/m1/s1. The van der Waals surface area contributed by atoms with Crippen LogP contribution in [0.4, 0.5) is 5.69 Å². The van der Waals surface area contributed by atoms with Crippen LogP contribution in [-0.2, 0) is 26.2 Å². The second-order valence-electron chi connectivity index (χ2n) is 10.2. The van der Waals surface area contributed by atoms with E-state index < -0.39 is 28.5 Å². The Morgan fingerprint density at radius 2 is 1.61 bits per heavy atom. The summed E-state index contributed by atoms with van der Waals surface area (Å²) in [4.78, 5) is 28.9. The van der Waals surface area contributed by atoms with Gasteiger partial charge in [0.1, 0.15) is 18.3 Å². The molecule has 0 heterocycles. The number of ether oxygens (including phenoxy) is 1. The smallest absolute Gasteiger partial charge is 0.264 e. The minimum absolute atomic E-state index is 0.0350. The number of carbonyl (C=O) groups excluding carboxylic acids is 2. The summed E-state index contributed by atoms with van der Waals surface area (Å²) in [5.41, 5.74) is 1.87. The molecular formula is C31H38ClN3O5S. The number of halogens is 1. The van der Waals surface area contributed by atoms with Crippen molar-refractivity contribution in [2.75, 3.05) is 24.5 Å². The number of nitrogens with zero attached hydrogens (tertiary/aromatic N) is 2. The predicted octanol–water partition coefficient (Wildman–Crippen LogP) is 5.43. The highest BCUT2D eigenvalue weighted by Crippen LogP contribution is 2.32. The number of amides is 2. The summed E-state index contributed by atoms with van der Waals surface area (Å²) in [5, 5.41) is 3.46. The second-order valence-corrected chi connectivity index (χ2v) is 12.5. The van der Waals surface area contributed by atoms with E-state index in [0.29, 0.717) is 23.7 Å². The summed E-state index contributed by atoms with van der Waals surface area (Å²) in [7, 11) is -2.76. The molecule has 0 spiro atoms. The Morgan fingerprint density at radius 3 is 2.20 bits per heavy atom. The van der Waals surface area contributed by atoms with Gasteiger partial charge in [0, 0.05) is 18.1 Å². The molecule has 3 aromatic rings. The number of rotatable bonds is 13. The van der Waals surface area contributed by atoms with Gasteiger partial charge >= 0.3 is 0 Å². The van der Waals surface area contributed by atoms with Crippen LogP contribution in [0.2, 0.25) is 5.02 Å². The Hall–Kier alpha value is -3.56. The van der Waals surface area contributed by atoms with Crippen molar-refractivity contribution >= 4 is 39.1 Å². The Kier molecular flexibility index (Phi) is 11.2. The van der Waals surface area contributed by atoms with Crippen LogP contribution in [0, 0.1) is 12.8 Å². The average molecular weight is 600 g/mol. The van der Waals surface area contributed by atoms with E-state index in [1.165, 1.54) is 24.1 Å². The average Bonchev–Trinajstić information content (AvgIpc) is 2.95. The Bertz CT molecular complexity index is 1430. The van der Waals surface area contributed by atoms with Crippen molar-refractivity contribution in [3.63, 3.8) is 0 Å². The van der Waals surface area contributed by atoms with Crippen molar-refractivity contribution in [3.05, 3.63) is 88.9 Å². The van der Waals surface area contributed by atoms with Crippen LogP contribution < -0.4 is 14.4 Å². The Morgan fingerprint density at radius 1 is 0.976 bits per heavy atom. The van der Waals surface area contributed by atoms with Crippen LogP contribution in [0.15, 0.2) is 77.7 Å². The molecule has 0 radical (unpaired) electrons. The van der Waals surface area contributed by atoms with Gasteiger partial charge in [0.05, 0.1) is 17.7 Å². The van der Waals surface area contributed by atoms with Crippen molar-refractivity contribution < 1.29 is 22.7 Å². The van der Waals surface area contributed by atoms with Gasteiger partial charge in [-0.2, -0.15) is 0 Å². The van der Waals surface area contributed by atoms with Crippen LogP contribution >= 0.6 is 11.6 Å². The van der Waals surface area contributed by atoms with Crippen molar-refractivity contribution in [1.29, 1.82) is 0 Å². The number of hydrogen-bond donors (Lipinski definition) is 1. The highest BCUT2D eigenvalue weighted by molar-refractivity contribution is 7.92. The minimum Gasteiger partial charge on any atom is -0.495 e. The van der Waals surface area contributed by atoms with E-state index in [1.807, 2.05) is 27.7 Å². The minimum atomic E-state index is -4.20. The van der Waals surface area contributed by atoms with Crippen molar-refractivity contribution in [2.24, 2.45) is 5.92 Å². The monoisotopic (exact) mass is 599 g/mol. The molecule has 10 heteroatoms. The van der Waals surface area contributed by atoms with Gasteiger partial charge < -0.3 is 15.0 Å². The Labute approximate surface area is 248 Å². The third-order valence-electron chi connectivity index (χ3n) is 6.58. The van der Waals surface area contributed by atoms with Crippen molar-refractivity contribution in [3.8, 4) is 5.75 Å². The molecule has 0 aliphatic heterocycles. The lowest BCUT2D eigenvalue weighted by molar-refractivity contribution is -0.140. The van der Waals surface area contributed by atoms with Crippen molar-refractivity contribution in [1.82, 2.24) is 10.2 Å². The zero-order valence-corrected chi connectivity index (χ0v) is 25.7. The number of para-hydroxylation sites is 2. The molecule has 0 aliphatic rings. The van der Waals surface area contributed by atoms with Crippen molar-refractivity contribution in [2.45, 2.75) is 51.6 Å². The van der Waals surface area contributed by atoms with Crippen LogP contribution in [0.1, 0.15) is 38.3 Å². The normalized spacial score (nSPS) is 12.1. The molecule has 2 amide bonds. The second kappa shape index (κ2) is 14.4. The zero-order chi connectivity index (χ0) is 30.2. The number of anilines is 1. The summed E-state index contributed by atoms with van der Waals surface area (Å²) < 4.78 is 34.6. The van der Waals surface area contributed by atoms with Gasteiger partial charge in [-0.1, -0.05) is 74.3 Å². The van der Waals surface area contributed by atoms with Gasteiger partial charge in [0.25, 0.3) is 10.0 Å². The lowest BCUT2D eigenvalue weighted by atomic mass is 10.1. The molecule has 0 bridgehead atoms. The maximum Gasteiger partial charge on any atom is 0.264 e. The highest BCUT2D eigenvalue weighted by Gasteiger charge is 2.34. The van der Waals surface area contributed by atoms with E-state index in [0.717, 1.165) is 15.4 Å². The van der Waals surface area contributed by atoms with E-state index in [1.54, 1.807) is 60.7 Å². The topological polar surface area (TPSA) is 96.0 Å². The molecule has 3 rings (SSSR count). The fourth-order valence-corrected chi connectivity index (χ4v) is 5.87. The number of hydrogen-bond acceptors (Lipinski definition) is 5. The van der Waals surface area contributed by atoms with Crippen LogP contribution in [0.5, 0.6) is 5.75 Å². The number of aryl methyl sites for hydroxylation is 1. The summed E-state index contributed by atoms with van der Waals surface area (Å²) in [6, 6.07) is 19.2. The molecular weight excluding hydrogens is 562 g/mol. The molecule has 0 saturated carbocycles. The molecule has 0 aromatic heterocycles. The largest absolute Gasteiger partial charge is 0.495 e. The maximum absolute atomic E-state index is 14.1. The number of benzene rings is 3. The molecule has 3 aromatic carbocycles. The molecule has 220 valence electrons. The van der Waals surface area contributed by atoms with Crippen LogP contribution in [0.3, 0.4) is 0 Å². The SMILES string of the molecule is CC[C@H](C(=O)NCC(C)C)N(Cc1ccc(Cl)cc1)C(=O)CN(c1ccccc1OC)S(=O)(=O)c1ccc(C)cc1. The summed E-state index contributed by atoms with van der Waals surface area (Å²) in [6.07, 6.45) is 0.336. The number of methoxy groups -OCH3 is 1. The number of carbonyl (C=O) groups is 2. The van der Waals surface area contributed by atoms with Gasteiger partial charge in [-0.3, -0.25) is 13.9 Å². The summed E-state index contributed by atoms with van der Waals surface area (Å²) >= 11 is 6.08. The van der Waals surface area contributed by atoms with E-state index in [9.17, 15) is 18.0 Å². The molecule has 41 heavy (non-hydrogen) atoms.